The molecule has 29 heavy (non-hydrogen) atoms. The van der Waals surface area contributed by atoms with Crippen LogP contribution in [0, 0.1) is 0 Å². The third-order valence-corrected chi connectivity index (χ3v) is 5.35. The maximum atomic E-state index is 12.6. The van der Waals surface area contributed by atoms with Crippen LogP contribution in [0.4, 0.5) is 5.69 Å². The van der Waals surface area contributed by atoms with Crippen LogP contribution in [0.3, 0.4) is 0 Å². The highest BCUT2D eigenvalue weighted by molar-refractivity contribution is 7.89. The normalized spacial score (nSPS) is 11.4. The summed E-state index contributed by atoms with van der Waals surface area (Å²) in [7, 11) is -3.70. The molecule has 7 nitrogen and oxygen atoms in total. The van der Waals surface area contributed by atoms with Gasteiger partial charge >= 0.3 is 0 Å². The molecule has 0 saturated heterocycles. The van der Waals surface area contributed by atoms with E-state index in [9.17, 15) is 13.2 Å². The van der Waals surface area contributed by atoms with E-state index in [2.05, 4.69) is 10.0 Å². The molecule has 1 amide bonds. The quantitative estimate of drug-likeness (QED) is 0.584. The summed E-state index contributed by atoms with van der Waals surface area (Å²) in [5, 5.41) is 2.76. The number of rotatable bonds is 8. The van der Waals surface area contributed by atoms with E-state index in [1.165, 1.54) is 30.5 Å². The first-order chi connectivity index (χ1) is 13.8. The lowest BCUT2D eigenvalue weighted by Gasteiger charge is -2.14. The Balaban J connectivity index is 1.68. The molecule has 2 N–H and O–H groups in total. The number of anilines is 1. The fraction of sp³-hybridized carbons (Fsp3) is 0.190. The number of carbonyl (C=O) groups is 1. The van der Waals surface area contributed by atoms with Crippen molar-refractivity contribution in [2.75, 3.05) is 5.32 Å². The minimum atomic E-state index is -3.70. The van der Waals surface area contributed by atoms with Gasteiger partial charge in [-0.2, -0.15) is 0 Å². The standard InChI is InChI=1S/C21H22N2O5S/c1-15(2)28-20-8-4-3-7-19(20)21(24)23-16-9-11-18(12-10-16)29(25,26)22-14-17-6-5-13-27-17/h3-13,15,22H,14H2,1-2H3,(H,23,24). The van der Waals surface area contributed by atoms with Gasteiger partial charge in [0.15, 0.2) is 0 Å². The summed E-state index contributed by atoms with van der Waals surface area (Å²) < 4.78 is 38.0. The van der Waals surface area contributed by atoms with Crippen molar-refractivity contribution < 1.29 is 22.4 Å². The molecule has 0 bridgehead atoms. The van der Waals surface area contributed by atoms with E-state index in [0.29, 0.717) is 22.8 Å². The van der Waals surface area contributed by atoms with E-state index in [4.69, 9.17) is 9.15 Å². The van der Waals surface area contributed by atoms with E-state index in [-0.39, 0.29) is 23.5 Å². The molecule has 0 atom stereocenters. The minimum Gasteiger partial charge on any atom is -0.490 e. The Morgan fingerprint density at radius 3 is 2.41 bits per heavy atom. The van der Waals surface area contributed by atoms with Gasteiger partial charge < -0.3 is 14.5 Å². The molecule has 1 heterocycles. The van der Waals surface area contributed by atoms with Gasteiger partial charge in [0.05, 0.1) is 29.4 Å². The van der Waals surface area contributed by atoms with Gasteiger partial charge in [0, 0.05) is 5.69 Å². The first-order valence-electron chi connectivity index (χ1n) is 9.04. The number of sulfonamides is 1. The number of benzene rings is 2. The van der Waals surface area contributed by atoms with Crippen molar-refractivity contribution in [1.82, 2.24) is 4.72 Å². The lowest BCUT2D eigenvalue weighted by molar-refractivity contribution is 0.102. The molecule has 0 fully saturated rings. The van der Waals surface area contributed by atoms with Crippen LogP contribution >= 0.6 is 0 Å². The third-order valence-electron chi connectivity index (χ3n) is 3.93. The fourth-order valence-corrected chi connectivity index (χ4v) is 3.58. The third kappa shape index (κ3) is 5.46. The van der Waals surface area contributed by atoms with Gasteiger partial charge in [0.2, 0.25) is 10.0 Å². The maximum Gasteiger partial charge on any atom is 0.259 e. The molecular formula is C21H22N2O5S. The van der Waals surface area contributed by atoms with Crippen LogP contribution in [-0.4, -0.2) is 20.4 Å². The summed E-state index contributed by atoms with van der Waals surface area (Å²) >= 11 is 0. The average molecular weight is 414 g/mol. The second-order valence-corrected chi connectivity index (χ2v) is 8.31. The smallest absolute Gasteiger partial charge is 0.259 e. The van der Waals surface area contributed by atoms with Crippen LogP contribution in [0.5, 0.6) is 5.75 Å². The molecule has 3 rings (SSSR count). The molecule has 152 valence electrons. The average Bonchev–Trinajstić information content (AvgIpc) is 3.20. The number of carbonyl (C=O) groups excluding carboxylic acids is 1. The molecule has 8 heteroatoms. The van der Waals surface area contributed by atoms with Crippen LogP contribution in [-0.2, 0) is 16.6 Å². The molecular weight excluding hydrogens is 392 g/mol. The van der Waals surface area contributed by atoms with Crippen LogP contribution < -0.4 is 14.8 Å². The van der Waals surface area contributed by atoms with Gasteiger partial charge in [0.25, 0.3) is 5.91 Å². The molecule has 0 saturated carbocycles. The molecule has 0 radical (unpaired) electrons. The van der Waals surface area contributed by atoms with E-state index in [1.807, 2.05) is 13.8 Å². The van der Waals surface area contributed by atoms with Gasteiger partial charge in [0.1, 0.15) is 11.5 Å². The van der Waals surface area contributed by atoms with Crippen LogP contribution in [0.15, 0.2) is 76.2 Å². The van der Waals surface area contributed by atoms with E-state index in [0.717, 1.165) is 0 Å². The molecule has 0 aliphatic rings. The summed E-state index contributed by atoms with van der Waals surface area (Å²) in [6.45, 7) is 3.82. The molecule has 0 aliphatic heterocycles. The highest BCUT2D eigenvalue weighted by Gasteiger charge is 2.16. The van der Waals surface area contributed by atoms with Crippen molar-refractivity contribution in [3.8, 4) is 5.75 Å². The lowest BCUT2D eigenvalue weighted by Crippen LogP contribution is -2.23. The van der Waals surface area contributed by atoms with Gasteiger partial charge in [-0.1, -0.05) is 12.1 Å². The number of ether oxygens (including phenoxy) is 1. The van der Waals surface area contributed by atoms with Crippen molar-refractivity contribution in [2.45, 2.75) is 31.4 Å². The van der Waals surface area contributed by atoms with Crippen molar-refractivity contribution >= 4 is 21.6 Å². The van der Waals surface area contributed by atoms with Gasteiger partial charge in [-0.05, 0) is 62.4 Å². The number of hydrogen-bond acceptors (Lipinski definition) is 5. The Kier molecular flexibility index (Phi) is 6.36. The van der Waals surface area contributed by atoms with Crippen LogP contribution in [0.2, 0.25) is 0 Å². The molecule has 3 aromatic rings. The number of furan rings is 1. The number of nitrogens with one attached hydrogen (secondary N) is 2. The van der Waals surface area contributed by atoms with Crippen molar-refractivity contribution in [3.63, 3.8) is 0 Å². The molecule has 0 aliphatic carbocycles. The van der Waals surface area contributed by atoms with Gasteiger partial charge in [-0.15, -0.1) is 0 Å². The lowest BCUT2D eigenvalue weighted by atomic mass is 10.1. The Morgan fingerprint density at radius 1 is 1.03 bits per heavy atom. The number of amides is 1. The Labute approximate surface area is 169 Å². The molecule has 0 unspecified atom stereocenters. The fourth-order valence-electron chi connectivity index (χ4n) is 2.59. The summed E-state index contributed by atoms with van der Waals surface area (Å²) in [4.78, 5) is 12.7. The predicted molar refractivity (Wildman–Crippen MR) is 109 cm³/mol. The molecule has 1 aromatic heterocycles. The maximum absolute atomic E-state index is 12.6. The van der Waals surface area contributed by atoms with E-state index in [1.54, 1.807) is 36.4 Å². The monoisotopic (exact) mass is 414 g/mol. The zero-order chi connectivity index (χ0) is 20.9. The van der Waals surface area contributed by atoms with Gasteiger partial charge in [-0.3, -0.25) is 4.79 Å². The van der Waals surface area contributed by atoms with Crippen LogP contribution in [0.25, 0.3) is 0 Å². The topological polar surface area (TPSA) is 97.6 Å². The largest absolute Gasteiger partial charge is 0.490 e. The second-order valence-electron chi connectivity index (χ2n) is 6.55. The zero-order valence-corrected chi connectivity index (χ0v) is 16.9. The predicted octanol–water partition coefficient (Wildman–Crippen LogP) is 3.80. The van der Waals surface area contributed by atoms with E-state index < -0.39 is 10.0 Å². The van der Waals surface area contributed by atoms with Gasteiger partial charge in [-0.25, -0.2) is 13.1 Å². The Hall–Kier alpha value is -3.10. The summed E-state index contributed by atoms with van der Waals surface area (Å²) in [6.07, 6.45) is 1.41. The Morgan fingerprint density at radius 2 is 1.76 bits per heavy atom. The van der Waals surface area contributed by atoms with Crippen molar-refractivity contribution in [1.29, 1.82) is 0 Å². The Bertz CT molecular complexity index is 1060. The summed E-state index contributed by atoms with van der Waals surface area (Å²) in [5.41, 5.74) is 0.873. The van der Waals surface area contributed by atoms with Crippen molar-refractivity contribution in [2.24, 2.45) is 0 Å². The van der Waals surface area contributed by atoms with Crippen molar-refractivity contribution in [3.05, 3.63) is 78.3 Å². The highest BCUT2D eigenvalue weighted by Crippen LogP contribution is 2.21. The van der Waals surface area contributed by atoms with E-state index >= 15 is 0 Å². The summed E-state index contributed by atoms with van der Waals surface area (Å²) in [5.74, 6) is 0.661. The summed E-state index contributed by atoms with van der Waals surface area (Å²) in [6, 6.07) is 16.2. The number of para-hydroxylation sites is 1. The SMILES string of the molecule is CC(C)Oc1ccccc1C(=O)Nc1ccc(S(=O)(=O)NCc2ccco2)cc1. The zero-order valence-electron chi connectivity index (χ0n) is 16.1. The highest BCUT2D eigenvalue weighted by atomic mass is 32.2. The second kappa shape index (κ2) is 8.93. The van der Waals surface area contributed by atoms with Crippen LogP contribution in [0.1, 0.15) is 30.0 Å². The number of hydrogen-bond donors (Lipinski definition) is 2. The minimum absolute atomic E-state index is 0.0560. The molecule has 0 spiro atoms. The first-order valence-corrected chi connectivity index (χ1v) is 10.5. The first kappa shape index (κ1) is 20.6. The molecule has 2 aromatic carbocycles.